The molecule has 0 spiro atoms. The van der Waals surface area contributed by atoms with Gasteiger partial charge in [0.2, 0.25) is 0 Å². The fraction of sp³-hybridized carbons (Fsp3) is 1.00. The Balaban J connectivity index is 0. The van der Waals surface area contributed by atoms with Crippen LogP contribution in [0.1, 0.15) is 123 Å². The van der Waals surface area contributed by atoms with E-state index in [9.17, 15) is 0 Å². The number of halogens is 1. The number of unbranched alkanes of at least 4 members (excludes halogenated alkanes) is 15. The van der Waals surface area contributed by atoms with E-state index in [0.29, 0.717) is 0 Å². The van der Waals surface area contributed by atoms with E-state index in [0.717, 1.165) is 0 Å². The van der Waals surface area contributed by atoms with Crippen molar-refractivity contribution in [3.63, 3.8) is 0 Å². The molecule has 0 amide bonds. The van der Waals surface area contributed by atoms with Gasteiger partial charge in [0, 0.05) is 0 Å². The molecule has 0 radical (unpaired) electrons. The van der Waals surface area contributed by atoms with Crippen LogP contribution >= 0.6 is 17.0 Å². The van der Waals surface area contributed by atoms with Gasteiger partial charge in [-0.1, -0.05) is 110 Å². The molecule has 0 unspecified atom stereocenters. The molecule has 0 heterocycles. The van der Waals surface area contributed by atoms with Gasteiger partial charge in [-0.25, -0.2) is 0 Å². The topological polar surface area (TPSA) is 3.24 Å². The van der Waals surface area contributed by atoms with E-state index < -0.39 is 0 Å². The minimum absolute atomic E-state index is 0. The van der Waals surface area contributed by atoms with Gasteiger partial charge in [0.15, 0.2) is 0 Å². The molecule has 0 bridgehead atoms. The van der Waals surface area contributed by atoms with E-state index >= 15 is 0 Å². The highest BCUT2D eigenvalue weighted by atomic mass is 79.9. The molecule has 0 aromatic carbocycles. The molecule has 0 saturated carbocycles. The van der Waals surface area contributed by atoms with Crippen LogP contribution in [0.2, 0.25) is 0 Å². The summed E-state index contributed by atoms with van der Waals surface area (Å²) in [7, 11) is 2.31. The zero-order valence-corrected chi connectivity index (χ0v) is 19.0. The van der Waals surface area contributed by atoms with E-state index in [2.05, 4.69) is 25.8 Å². The van der Waals surface area contributed by atoms with Crippen molar-refractivity contribution in [1.82, 2.24) is 4.90 Å². The average molecular weight is 407 g/mol. The Morgan fingerprint density at radius 3 is 0.958 bits per heavy atom. The molecule has 0 fully saturated rings. The average Bonchev–Trinajstić information content (AvgIpc) is 2.56. The van der Waals surface area contributed by atoms with E-state index in [1.165, 1.54) is 122 Å². The fourth-order valence-corrected chi connectivity index (χ4v) is 3.32. The molecule has 0 aliphatic heterocycles. The molecule has 0 aromatic rings. The third-order valence-electron chi connectivity index (χ3n) is 5.04. The quantitative estimate of drug-likeness (QED) is 0.196. The zero-order valence-electron chi connectivity index (χ0n) is 17.3. The van der Waals surface area contributed by atoms with Crippen LogP contribution < -0.4 is 0 Å². The summed E-state index contributed by atoms with van der Waals surface area (Å²) in [5.74, 6) is 0. The Kier molecular flexibility index (Phi) is 26.0. The molecule has 0 aromatic heterocycles. The molecule has 0 aliphatic rings. The van der Waals surface area contributed by atoms with Crippen LogP contribution in [0.3, 0.4) is 0 Å². The summed E-state index contributed by atoms with van der Waals surface area (Å²) in [6.07, 6.45) is 24.4. The molecule has 1 nitrogen and oxygen atoms in total. The van der Waals surface area contributed by atoms with Gasteiger partial charge < -0.3 is 4.90 Å². The van der Waals surface area contributed by atoms with Crippen molar-refractivity contribution >= 4 is 17.0 Å². The minimum atomic E-state index is 0. The first-order chi connectivity index (χ1) is 11.3. The summed E-state index contributed by atoms with van der Waals surface area (Å²) in [5, 5.41) is 0. The highest BCUT2D eigenvalue weighted by Crippen LogP contribution is 2.11. The van der Waals surface area contributed by atoms with Crippen molar-refractivity contribution in [3.8, 4) is 0 Å². The number of rotatable bonds is 19. The number of nitrogens with zero attached hydrogens (tertiary/aromatic N) is 1. The fourth-order valence-electron chi connectivity index (χ4n) is 3.32. The highest BCUT2D eigenvalue weighted by molar-refractivity contribution is 8.93. The maximum Gasteiger partial charge on any atom is -0.00218 e. The summed E-state index contributed by atoms with van der Waals surface area (Å²) >= 11 is 0. The van der Waals surface area contributed by atoms with Crippen LogP contribution in [0.15, 0.2) is 0 Å². The second-order valence-electron chi connectivity index (χ2n) is 7.61. The summed E-state index contributed by atoms with van der Waals surface area (Å²) in [6, 6.07) is 0. The molecular weight excluding hydrogens is 358 g/mol. The van der Waals surface area contributed by atoms with Crippen molar-refractivity contribution in [2.45, 2.75) is 123 Å². The highest BCUT2D eigenvalue weighted by Gasteiger charge is 1.99. The van der Waals surface area contributed by atoms with E-state index in [-0.39, 0.29) is 17.0 Å². The lowest BCUT2D eigenvalue weighted by atomic mass is 10.1. The normalized spacial score (nSPS) is 11.0. The minimum Gasteiger partial charge on any atom is -0.306 e. The van der Waals surface area contributed by atoms with Gasteiger partial charge in [-0.3, -0.25) is 0 Å². The van der Waals surface area contributed by atoms with Crippen molar-refractivity contribution in [2.24, 2.45) is 0 Å². The largest absolute Gasteiger partial charge is 0.306 e. The summed E-state index contributed by atoms with van der Waals surface area (Å²) in [6.45, 7) is 7.21. The number of hydrogen-bond donors (Lipinski definition) is 0. The molecule has 0 saturated heterocycles. The summed E-state index contributed by atoms with van der Waals surface area (Å²) in [4.78, 5) is 2.55. The predicted octanol–water partition coefficient (Wildman–Crippen LogP) is 8.17. The number of hydrogen-bond acceptors (Lipinski definition) is 1. The first-order valence-corrected chi connectivity index (χ1v) is 11.0. The van der Waals surface area contributed by atoms with Crippen molar-refractivity contribution < 1.29 is 0 Å². The van der Waals surface area contributed by atoms with Crippen molar-refractivity contribution in [3.05, 3.63) is 0 Å². The first-order valence-electron chi connectivity index (χ1n) is 11.0. The first kappa shape index (κ1) is 26.7. The van der Waals surface area contributed by atoms with Gasteiger partial charge in [0.1, 0.15) is 0 Å². The van der Waals surface area contributed by atoms with Crippen LogP contribution in [0.5, 0.6) is 0 Å². The summed E-state index contributed by atoms with van der Waals surface area (Å²) in [5.41, 5.74) is 0. The van der Waals surface area contributed by atoms with Gasteiger partial charge in [0.05, 0.1) is 0 Å². The van der Waals surface area contributed by atoms with Gasteiger partial charge in [-0.15, -0.1) is 17.0 Å². The molecule has 0 N–H and O–H groups in total. The third-order valence-corrected chi connectivity index (χ3v) is 5.04. The lowest BCUT2D eigenvalue weighted by Gasteiger charge is -2.16. The zero-order chi connectivity index (χ0) is 17.0. The molecular formula is C22H48BrN. The molecule has 0 aliphatic carbocycles. The van der Waals surface area contributed by atoms with Gasteiger partial charge >= 0.3 is 0 Å². The smallest absolute Gasteiger partial charge is 0.00218 e. The Bertz CT molecular complexity index is 208. The lowest BCUT2D eigenvalue weighted by Crippen LogP contribution is -2.20. The van der Waals surface area contributed by atoms with Gasteiger partial charge in [-0.2, -0.15) is 0 Å². The second-order valence-corrected chi connectivity index (χ2v) is 7.61. The second kappa shape index (κ2) is 23.4. The Morgan fingerprint density at radius 1 is 0.417 bits per heavy atom. The molecule has 0 atom stereocenters. The van der Waals surface area contributed by atoms with Gasteiger partial charge in [-0.05, 0) is 33.0 Å². The van der Waals surface area contributed by atoms with Crippen LogP contribution in [-0.4, -0.2) is 25.0 Å². The SMILES string of the molecule is Br.CCCCCCCCCCCN(C)CCCCCCCCCC. The predicted molar refractivity (Wildman–Crippen MR) is 118 cm³/mol. The van der Waals surface area contributed by atoms with E-state index in [4.69, 9.17) is 0 Å². The Morgan fingerprint density at radius 2 is 0.667 bits per heavy atom. The molecule has 0 rings (SSSR count). The Hall–Kier alpha value is 0.440. The molecule has 148 valence electrons. The summed E-state index contributed by atoms with van der Waals surface area (Å²) < 4.78 is 0. The van der Waals surface area contributed by atoms with Crippen molar-refractivity contribution in [1.29, 1.82) is 0 Å². The molecule has 24 heavy (non-hydrogen) atoms. The van der Waals surface area contributed by atoms with E-state index in [1.54, 1.807) is 0 Å². The van der Waals surface area contributed by atoms with Crippen LogP contribution in [0.4, 0.5) is 0 Å². The monoisotopic (exact) mass is 405 g/mol. The van der Waals surface area contributed by atoms with Gasteiger partial charge in [0.25, 0.3) is 0 Å². The standard InChI is InChI=1S/C22H47N.BrH/c1-4-6-8-10-12-14-16-18-20-22-23(3)21-19-17-15-13-11-9-7-5-2;/h4-22H2,1-3H3;1H. The maximum absolute atomic E-state index is 2.55. The van der Waals surface area contributed by atoms with Crippen LogP contribution in [0.25, 0.3) is 0 Å². The molecule has 2 heteroatoms. The third kappa shape index (κ3) is 22.4. The van der Waals surface area contributed by atoms with E-state index in [1.807, 2.05) is 0 Å². The van der Waals surface area contributed by atoms with Crippen LogP contribution in [0, 0.1) is 0 Å². The maximum atomic E-state index is 2.55. The van der Waals surface area contributed by atoms with Crippen LogP contribution in [-0.2, 0) is 0 Å². The lowest BCUT2D eigenvalue weighted by molar-refractivity contribution is 0.314. The van der Waals surface area contributed by atoms with Crippen molar-refractivity contribution in [2.75, 3.05) is 20.1 Å². The Labute approximate surface area is 165 Å².